The van der Waals surface area contributed by atoms with Crippen molar-refractivity contribution in [3.8, 4) is 44.6 Å². The number of aromatic nitrogens is 1. The van der Waals surface area contributed by atoms with E-state index in [-0.39, 0.29) is 5.82 Å². The smallest absolute Gasteiger partial charge is 0.216 e. The maximum Gasteiger partial charge on any atom is 0.216 e. The number of hydrogen-bond donors (Lipinski definition) is 0. The summed E-state index contributed by atoms with van der Waals surface area (Å²) in [7, 11) is 2.06. The first-order valence-corrected chi connectivity index (χ1v) is 13.4. The van der Waals surface area contributed by atoms with Gasteiger partial charge in [-0.05, 0) is 52.9 Å². The van der Waals surface area contributed by atoms with E-state index in [4.69, 9.17) is 4.42 Å². The number of fused-ring (bicyclic) bond motifs is 3. The van der Waals surface area contributed by atoms with Crippen molar-refractivity contribution in [1.29, 1.82) is 0 Å². The molecule has 2 aromatic heterocycles. The summed E-state index contributed by atoms with van der Waals surface area (Å²) >= 11 is 0. The molecule has 0 spiro atoms. The summed E-state index contributed by atoms with van der Waals surface area (Å²) in [5.74, 6) is -0.296. The Balaban J connectivity index is 1.39. The molecule has 192 valence electrons. The van der Waals surface area contributed by atoms with E-state index in [1.54, 1.807) is 6.07 Å². The molecule has 0 amide bonds. The molecular formula is C37H27FNO+. The number of benzene rings is 5. The SMILES string of the molecule is Cc1ccc2c(oc3c(-c4ccc(-c5ccccc5)cc4)c(F)ccc32)c1-c1ccc(-c2ccccc2)c[n+]1C. The van der Waals surface area contributed by atoms with Crippen LogP contribution in [0.1, 0.15) is 5.56 Å². The second kappa shape index (κ2) is 9.62. The first-order chi connectivity index (χ1) is 19.6. The summed E-state index contributed by atoms with van der Waals surface area (Å²) in [6.07, 6.45) is 2.14. The van der Waals surface area contributed by atoms with E-state index < -0.39 is 0 Å². The van der Waals surface area contributed by atoms with Crippen LogP contribution in [-0.4, -0.2) is 0 Å². The van der Waals surface area contributed by atoms with Crippen LogP contribution >= 0.6 is 0 Å². The van der Waals surface area contributed by atoms with Crippen molar-refractivity contribution >= 4 is 21.9 Å². The molecule has 2 nitrogen and oxygen atoms in total. The Bertz CT molecular complexity index is 2010. The molecule has 5 aromatic carbocycles. The summed E-state index contributed by atoms with van der Waals surface area (Å²) in [5, 5.41) is 1.88. The largest absolute Gasteiger partial charge is 0.454 e. The fourth-order valence-corrected chi connectivity index (χ4v) is 5.69. The van der Waals surface area contributed by atoms with Crippen LogP contribution in [0, 0.1) is 12.7 Å². The van der Waals surface area contributed by atoms with E-state index in [0.29, 0.717) is 11.1 Å². The Hall–Kier alpha value is -5.02. The van der Waals surface area contributed by atoms with E-state index in [2.05, 4.69) is 85.4 Å². The van der Waals surface area contributed by atoms with Crippen molar-refractivity contribution in [2.24, 2.45) is 7.05 Å². The Morgan fingerprint density at radius 2 is 1.05 bits per heavy atom. The van der Waals surface area contributed by atoms with E-state index in [1.807, 2.05) is 54.6 Å². The number of furan rings is 1. The number of hydrogen-bond acceptors (Lipinski definition) is 1. The standard InChI is InChI=1S/C37H27FNO/c1-24-13-19-30-31-20-21-32(38)35(28-16-14-27(15-17-28)25-9-5-3-6-10-25)37(31)40-36(30)34(24)33-22-18-29(23-39(33)2)26-11-7-4-8-12-26/h3-23H,1-2H3/q+1. The average molecular weight is 521 g/mol. The van der Waals surface area contributed by atoms with Gasteiger partial charge in [0.2, 0.25) is 5.69 Å². The monoisotopic (exact) mass is 520 g/mol. The topological polar surface area (TPSA) is 17.0 Å². The maximum absolute atomic E-state index is 15.5. The van der Waals surface area contributed by atoms with Crippen LogP contribution in [0.15, 0.2) is 132 Å². The van der Waals surface area contributed by atoms with Gasteiger partial charge in [0, 0.05) is 22.4 Å². The minimum absolute atomic E-state index is 0.296. The summed E-state index contributed by atoms with van der Waals surface area (Å²) in [5.41, 5.74) is 10.3. The second-order valence-corrected chi connectivity index (χ2v) is 10.3. The molecule has 0 saturated carbocycles. The van der Waals surface area contributed by atoms with Crippen LogP contribution in [0.2, 0.25) is 0 Å². The van der Waals surface area contributed by atoms with Gasteiger partial charge in [-0.2, -0.15) is 0 Å². The molecule has 7 aromatic rings. The zero-order valence-electron chi connectivity index (χ0n) is 22.4. The summed E-state index contributed by atoms with van der Waals surface area (Å²) in [6, 6.07) is 40.4. The molecule has 7 rings (SSSR count). The Morgan fingerprint density at radius 1 is 0.525 bits per heavy atom. The predicted octanol–water partition coefficient (Wildman–Crippen LogP) is 9.53. The molecule has 0 atom stereocenters. The zero-order valence-corrected chi connectivity index (χ0v) is 22.4. The molecule has 0 bridgehead atoms. The average Bonchev–Trinajstić information content (AvgIpc) is 3.37. The van der Waals surface area contributed by atoms with Crippen LogP contribution < -0.4 is 4.57 Å². The third kappa shape index (κ3) is 3.99. The van der Waals surface area contributed by atoms with Crippen molar-refractivity contribution in [2.45, 2.75) is 6.92 Å². The van der Waals surface area contributed by atoms with Crippen molar-refractivity contribution < 1.29 is 13.4 Å². The van der Waals surface area contributed by atoms with Crippen LogP contribution in [0.5, 0.6) is 0 Å². The van der Waals surface area contributed by atoms with Gasteiger partial charge in [-0.25, -0.2) is 8.96 Å². The Kier molecular flexibility index (Phi) is 5.78. The van der Waals surface area contributed by atoms with Gasteiger partial charge < -0.3 is 4.42 Å². The highest BCUT2D eigenvalue weighted by Crippen LogP contribution is 2.42. The van der Waals surface area contributed by atoms with Crippen LogP contribution in [0.3, 0.4) is 0 Å². The van der Waals surface area contributed by atoms with Gasteiger partial charge >= 0.3 is 0 Å². The first kappa shape index (κ1) is 24.1. The van der Waals surface area contributed by atoms with Gasteiger partial charge in [-0.15, -0.1) is 0 Å². The third-order valence-electron chi connectivity index (χ3n) is 7.74. The van der Waals surface area contributed by atoms with E-state index >= 15 is 4.39 Å². The van der Waals surface area contributed by atoms with Crippen molar-refractivity contribution in [3.05, 3.63) is 139 Å². The molecule has 3 heteroatoms. The summed E-state index contributed by atoms with van der Waals surface area (Å²) in [4.78, 5) is 0. The number of pyridine rings is 1. The lowest BCUT2D eigenvalue weighted by Gasteiger charge is -2.07. The lowest BCUT2D eigenvalue weighted by atomic mass is 9.97. The van der Waals surface area contributed by atoms with Gasteiger partial charge in [0.1, 0.15) is 24.0 Å². The minimum Gasteiger partial charge on any atom is -0.454 e. The normalized spacial score (nSPS) is 11.4. The first-order valence-electron chi connectivity index (χ1n) is 13.4. The lowest BCUT2D eigenvalue weighted by molar-refractivity contribution is -0.659. The lowest BCUT2D eigenvalue weighted by Crippen LogP contribution is -2.30. The van der Waals surface area contributed by atoms with Crippen molar-refractivity contribution in [2.75, 3.05) is 0 Å². The highest BCUT2D eigenvalue weighted by atomic mass is 19.1. The molecule has 0 N–H and O–H groups in total. The van der Waals surface area contributed by atoms with Gasteiger partial charge in [0.25, 0.3) is 0 Å². The maximum atomic E-state index is 15.5. The number of halogens is 1. The van der Waals surface area contributed by atoms with Crippen molar-refractivity contribution in [3.63, 3.8) is 0 Å². The summed E-state index contributed by atoms with van der Waals surface area (Å²) in [6.45, 7) is 2.09. The highest BCUT2D eigenvalue weighted by molar-refractivity contribution is 6.13. The number of rotatable bonds is 4. The third-order valence-corrected chi connectivity index (χ3v) is 7.74. The summed E-state index contributed by atoms with van der Waals surface area (Å²) < 4.78 is 24.2. The fraction of sp³-hybridized carbons (Fsp3) is 0.0541. The highest BCUT2D eigenvalue weighted by Gasteiger charge is 2.23. The molecule has 0 aliphatic carbocycles. The molecule has 0 aliphatic heterocycles. The van der Waals surface area contributed by atoms with Crippen LogP contribution in [0.4, 0.5) is 4.39 Å². The van der Waals surface area contributed by atoms with E-state index in [1.165, 1.54) is 5.56 Å². The van der Waals surface area contributed by atoms with Gasteiger partial charge in [-0.3, -0.25) is 0 Å². The van der Waals surface area contributed by atoms with Crippen molar-refractivity contribution in [1.82, 2.24) is 0 Å². The zero-order chi connectivity index (χ0) is 27.2. The second-order valence-electron chi connectivity index (χ2n) is 10.3. The molecule has 2 heterocycles. The fourth-order valence-electron chi connectivity index (χ4n) is 5.69. The number of aryl methyl sites for hydroxylation is 2. The molecule has 0 aliphatic rings. The predicted molar refractivity (Wildman–Crippen MR) is 161 cm³/mol. The van der Waals surface area contributed by atoms with Gasteiger partial charge in [0.15, 0.2) is 6.20 Å². The number of nitrogens with zero attached hydrogens (tertiary/aromatic N) is 1. The Labute approximate surface area is 232 Å². The van der Waals surface area contributed by atoms with Crippen LogP contribution in [0.25, 0.3) is 66.6 Å². The quantitative estimate of drug-likeness (QED) is 0.211. The molecule has 0 unspecified atom stereocenters. The van der Waals surface area contributed by atoms with Crippen LogP contribution in [-0.2, 0) is 7.05 Å². The van der Waals surface area contributed by atoms with Gasteiger partial charge in [0.05, 0.1) is 11.1 Å². The molecular weight excluding hydrogens is 493 g/mol. The minimum atomic E-state index is -0.296. The van der Waals surface area contributed by atoms with E-state index in [0.717, 1.165) is 55.4 Å². The molecule has 40 heavy (non-hydrogen) atoms. The van der Waals surface area contributed by atoms with Gasteiger partial charge in [-0.1, -0.05) is 97.1 Å². The Morgan fingerprint density at radius 3 is 1.70 bits per heavy atom. The van der Waals surface area contributed by atoms with E-state index in [9.17, 15) is 0 Å². The molecule has 0 radical (unpaired) electrons. The molecule has 0 fully saturated rings. The molecule has 0 saturated heterocycles.